The molecule has 188 valence electrons. The van der Waals surface area contributed by atoms with Gasteiger partial charge >= 0.3 is 0 Å². The van der Waals surface area contributed by atoms with Gasteiger partial charge in [0, 0.05) is 29.6 Å². The molecule has 0 fully saturated rings. The van der Waals surface area contributed by atoms with E-state index in [1.807, 2.05) is 38.1 Å². The van der Waals surface area contributed by atoms with Crippen LogP contribution in [0.15, 0.2) is 70.7 Å². The van der Waals surface area contributed by atoms with Crippen LogP contribution in [-0.2, 0) is 10.0 Å². The molecule has 0 atom stereocenters. The summed E-state index contributed by atoms with van der Waals surface area (Å²) < 4.78 is 47.0. The number of nitrogens with one attached hydrogen (secondary N) is 1. The van der Waals surface area contributed by atoms with E-state index in [0.717, 1.165) is 29.6 Å². The van der Waals surface area contributed by atoms with Gasteiger partial charge in [-0.05, 0) is 62.6 Å². The Morgan fingerprint density at radius 2 is 1.92 bits per heavy atom. The molecule has 6 nitrogen and oxygen atoms in total. The van der Waals surface area contributed by atoms with E-state index < -0.39 is 15.8 Å². The smallest absolute Gasteiger partial charge is 0.255 e. The van der Waals surface area contributed by atoms with Crippen molar-refractivity contribution in [1.29, 1.82) is 0 Å². The summed E-state index contributed by atoms with van der Waals surface area (Å²) in [5.74, 6) is -0.463. The summed E-state index contributed by atoms with van der Waals surface area (Å²) in [6.45, 7) is 3.99. The molecule has 0 spiro atoms. The fraction of sp³-hybridized carbons (Fsp3) is 0.250. The van der Waals surface area contributed by atoms with Crippen LogP contribution in [0.1, 0.15) is 42.6 Å². The van der Waals surface area contributed by atoms with Gasteiger partial charge in [-0.1, -0.05) is 29.9 Å². The lowest BCUT2D eigenvalue weighted by Gasteiger charge is -2.25. The minimum absolute atomic E-state index is 0.163. The number of halogens is 1. The van der Waals surface area contributed by atoms with Crippen LogP contribution in [0.3, 0.4) is 0 Å². The van der Waals surface area contributed by atoms with Crippen LogP contribution in [0.25, 0.3) is 27.9 Å². The number of benzene rings is 2. The molecule has 0 saturated heterocycles. The third-order valence-corrected chi connectivity index (χ3v) is 7.21. The lowest BCUT2D eigenvalue weighted by atomic mass is 9.93. The molecule has 3 aromatic rings. The van der Waals surface area contributed by atoms with E-state index in [-0.39, 0.29) is 12.5 Å². The summed E-state index contributed by atoms with van der Waals surface area (Å²) in [7, 11) is -2.11. The molecule has 36 heavy (non-hydrogen) atoms. The minimum Gasteiger partial charge on any atom is -0.455 e. The van der Waals surface area contributed by atoms with Crippen molar-refractivity contribution >= 4 is 38.2 Å². The molecule has 8 heteroatoms. The first-order valence-corrected chi connectivity index (χ1v) is 13.5. The van der Waals surface area contributed by atoms with Crippen molar-refractivity contribution < 1.29 is 22.0 Å². The van der Waals surface area contributed by atoms with E-state index >= 15 is 0 Å². The number of carbonyl (C=O) groups is 1. The molecule has 0 bridgehead atoms. The van der Waals surface area contributed by atoms with Crippen LogP contribution < -0.4 is 9.62 Å². The number of hydrogen-bond donors (Lipinski definition) is 1. The van der Waals surface area contributed by atoms with Crippen molar-refractivity contribution in [2.75, 3.05) is 24.2 Å². The maximum Gasteiger partial charge on any atom is 0.255 e. The molecule has 0 aliphatic heterocycles. The Morgan fingerprint density at radius 1 is 1.19 bits per heavy atom. The van der Waals surface area contributed by atoms with Gasteiger partial charge in [0.15, 0.2) is 0 Å². The molecule has 1 aromatic heterocycles. The number of hydrogen-bond acceptors (Lipinski definition) is 4. The fourth-order valence-corrected chi connectivity index (χ4v) is 5.11. The van der Waals surface area contributed by atoms with Crippen molar-refractivity contribution in [3.05, 3.63) is 83.2 Å². The topological polar surface area (TPSA) is 79.6 Å². The molecule has 0 unspecified atom stereocenters. The number of carbonyl (C=O) groups excluding carboxylic acids is 1. The monoisotopic (exact) mass is 508 g/mol. The van der Waals surface area contributed by atoms with Crippen LogP contribution in [0.5, 0.6) is 0 Å². The molecule has 4 rings (SSSR count). The quantitative estimate of drug-likeness (QED) is 0.393. The Morgan fingerprint density at radius 3 is 2.50 bits per heavy atom. The maximum atomic E-state index is 13.6. The summed E-state index contributed by atoms with van der Waals surface area (Å²) in [4.78, 5) is 13.0. The van der Waals surface area contributed by atoms with Crippen molar-refractivity contribution in [1.82, 2.24) is 5.32 Å². The predicted molar refractivity (Wildman–Crippen MR) is 143 cm³/mol. The highest BCUT2D eigenvalue weighted by molar-refractivity contribution is 7.92. The second-order valence-corrected chi connectivity index (χ2v) is 10.9. The Kier molecular flexibility index (Phi) is 7.17. The number of nitrogens with zero attached hydrogens (tertiary/aromatic N) is 1. The summed E-state index contributed by atoms with van der Waals surface area (Å²) in [6.07, 6.45) is 10.6. The van der Waals surface area contributed by atoms with E-state index in [1.165, 1.54) is 29.7 Å². The summed E-state index contributed by atoms with van der Waals surface area (Å²) >= 11 is 0. The number of allylic oxidation sites excluding steroid dienone is 5. The van der Waals surface area contributed by atoms with Gasteiger partial charge in [0.2, 0.25) is 10.0 Å². The molecule has 1 heterocycles. The van der Waals surface area contributed by atoms with Gasteiger partial charge in [0.25, 0.3) is 5.91 Å². The fourth-order valence-electron chi connectivity index (χ4n) is 4.26. The molecule has 1 aliphatic rings. The van der Waals surface area contributed by atoms with Gasteiger partial charge < -0.3 is 9.73 Å². The van der Waals surface area contributed by atoms with Crippen LogP contribution >= 0.6 is 0 Å². The van der Waals surface area contributed by atoms with Crippen LogP contribution in [0.4, 0.5) is 10.1 Å². The Balaban J connectivity index is 2.05. The van der Waals surface area contributed by atoms with E-state index in [9.17, 15) is 17.6 Å². The predicted octanol–water partition coefficient (Wildman–Crippen LogP) is 6.06. The number of anilines is 1. The highest BCUT2D eigenvalue weighted by Gasteiger charge is 2.27. The number of sulfonamides is 1. The van der Waals surface area contributed by atoms with Gasteiger partial charge in [-0.2, -0.15) is 0 Å². The van der Waals surface area contributed by atoms with E-state index in [0.29, 0.717) is 33.5 Å². The molecule has 1 aliphatic carbocycles. The standard InChI is InChI=1S/C28H29FN2O4S/c1-18(2)14-15-31(36(4,33)34)24-17-25-23(16-22(24)19-8-6-5-7-9-19)26(28(32)30-3)27(35-25)20-10-12-21(29)13-11-20/h5-6,8,10-14,16-17H,7,9,15H2,1-4H3,(H,30,32). The molecule has 0 radical (unpaired) electrons. The van der Waals surface area contributed by atoms with Gasteiger partial charge in [0.05, 0.1) is 24.1 Å². The second kappa shape index (κ2) is 10.1. The number of amides is 1. The van der Waals surface area contributed by atoms with Crippen molar-refractivity contribution in [3.8, 4) is 11.3 Å². The number of furan rings is 1. The molecule has 2 aromatic carbocycles. The third-order valence-electron chi connectivity index (χ3n) is 6.06. The van der Waals surface area contributed by atoms with Crippen molar-refractivity contribution in [3.63, 3.8) is 0 Å². The van der Waals surface area contributed by atoms with E-state index in [4.69, 9.17) is 4.42 Å². The van der Waals surface area contributed by atoms with Gasteiger partial charge in [-0.25, -0.2) is 12.8 Å². The van der Waals surface area contributed by atoms with Crippen molar-refractivity contribution in [2.45, 2.75) is 26.7 Å². The lowest BCUT2D eigenvalue weighted by Crippen LogP contribution is -2.31. The summed E-state index contributed by atoms with van der Waals surface area (Å²) in [6, 6.07) is 9.22. The highest BCUT2D eigenvalue weighted by Crippen LogP contribution is 2.41. The summed E-state index contributed by atoms with van der Waals surface area (Å²) in [5, 5.41) is 3.22. The Labute approximate surface area is 210 Å². The van der Waals surface area contributed by atoms with Gasteiger partial charge in [-0.15, -0.1) is 0 Å². The molecular formula is C28H29FN2O4S. The largest absolute Gasteiger partial charge is 0.455 e. The van der Waals surface area contributed by atoms with Crippen LogP contribution in [0.2, 0.25) is 0 Å². The minimum atomic E-state index is -3.64. The molecule has 0 saturated carbocycles. The normalized spacial score (nSPS) is 13.4. The van der Waals surface area contributed by atoms with Crippen LogP contribution in [-0.4, -0.2) is 34.2 Å². The average molecular weight is 509 g/mol. The Bertz CT molecular complexity index is 1510. The summed E-state index contributed by atoms with van der Waals surface area (Å²) in [5.41, 5.74) is 4.37. The lowest BCUT2D eigenvalue weighted by molar-refractivity contribution is 0.0964. The third kappa shape index (κ3) is 5.14. The Hall–Kier alpha value is -3.65. The van der Waals surface area contributed by atoms with Gasteiger partial charge in [0.1, 0.15) is 17.2 Å². The molecular weight excluding hydrogens is 479 g/mol. The van der Waals surface area contributed by atoms with E-state index in [2.05, 4.69) is 11.4 Å². The van der Waals surface area contributed by atoms with E-state index in [1.54, 1.807) is 18.2 Å². The maximum absolute atomic E-state index is 13.6. The first kappa shape index (κ1) is 25.4. The zero-order valence-electron chi connectivity index (χ0n) is 20.8. The SMILES string of the molecule is CNC(=O)c1c(-c2ccc(F)cc2)oc2cc(N(CC=C(C)C)S(C)(=O)=O)c(C3=CC=CCC3)cc12. The first-order valence-electron chi connectivity index (χ1n) is 11.7. The van der Waals surface area contributed by atoms with Gasteiger partial charge in [-0.3, -0.25) is 9.10 Å². The molecule has 1 amide bonds. The average Bonchev–Trinajstić information content (AvgIpc) is 3.21. The zero-order valence-corrected chi connectivity index (χ0v) is 21.6. The van der Waals surface area contributed by atoms with Crippen molar-refractivity contribution in [2.24, 2.45) is 0 Å². The zero-order chi connectivity index (χ0) is 26.0. The number of fused-ring (bicyclic) bond motifs is 1. The first-order chi connectivity index (χ1) is 17.1. The highest BCUT2D eigenvalue weighted by atomic mass is 32.2. The van der Waals surface area contributed by atoms with Crippen LogP contribution in [0, 0.1) is 5.82 Å². The molecule has 1 N–H and O–H groups in total. The second-order valence-electron chi connectivity index (χ2n) is 8.99. The number of rotatable bonds is 7.